The zero-order valence-electron chi connectivity index (χ0n) is 8.63. The van der Waals surface area contributed by atoms with Crippen LogP contribution in [0.4, 0.5) is 13.2 Å². The summed E-state index contributed by atoms with van der Waals surface area (Å²) in [6.45, 7) is 0.287. The third kappa shape index (κ3) is 4.48. The second-order valence-electron chi connectivity index (χ2n) is 3.25. The zero-order valence-corrected chi connectivity index (χ0v) is 8.63. The molecule has 0 atom stereocenters. The van der Waals surface area contributed by atoms with Gasteiger partial charge in [-0.2, -0.15) is 13.2 Å². The quantitative estimate of drug-likeness (QED) is 0.795. The summed E-state index contributed by atoms with van der Waals surface area (Å²) in [6.07, 6.45) is -2.02. The van der Waals surface area contributed by atoms with Crippen LogP contribution in [0.1, 0.15) is 18.4 Å². The largest absolute Gasteiger partial charge is 0.492 e. The Morgan fingerprint density at radius 2 is 2.12 bits per heavy atom. The smallest absolute Gasteiger partial charge is 0.389 e. The molecule has 90 valence electrons. The lowest BCUT2D eigenvalue weighted by atomic mass is 10.2. The maximum absolute atomic E-state index is 11.8. The zero-order chi connectivity index (χ0) is 12.0. The molecule has 1 aromatic rings. The highest BCUT2D eigenvalue weighted by Gasteiger charge is 2.26. The van der Waals surface area contributed by atoms with Gasteiger partial charge in [0.05, 0.1) is 12.8 Å². The molecule has 1 aromatic heterocycles. The monoisotopic (exact) mass is 234 g/mol. The molecule has 0 aliphatic heterocycles. The van der Waals surface area contributed by atoms with Gasteiger partial charge < -0.3 is 10.5 Å². The molecule has 0 spiro atoms. The van der Waals surface area contributed by atoms with E-state index in [0.29, 0.717) is 5.75 Å². The Morgan fingerprint density at radius 1 is 1.38 bits per heavy atom. The van der Waals surface area contributed by atoms with Gasteiger partial charge in [0.15, 0.2) is 0 Å². The van der Waals surface area contributed by atoms with Crippen molar-refractivity contribution >= 4 is 0 Å². The number of hydrogen-bond donors (Lipinski definition) is 1. The number of nitrogens with zero attached hydrogens (tertiary/aromatic N) is 1. The van der Waals surface area contributed by atoms with Crippen molar-refractivity contribution in [3.05, 3.63) is 24.0 Å². The highest BCUT2D eigenvalue weighted by molar-refractivity contribution is 5.29. The van der Waals surface area contributed by atoms with Gasteiger partial charge in [-0.15, -0.1) is 0 Å². The van der Waals surface area contributed by atoms with Crippen LogP contribution in [0, 0.1) is 0 Å². The summed E-state index contributed by atoms with van der Waals surface area (Å²) >= 11 is 0. The van der Waals surface area contributed by atoms with Crippen molar-refractivity contribution < 1.29 is 17.9 Å². The summed E-state index contributed by atoms with van der Waals surface area (Å²) < 4.78 is 40.7. The van der Waals surface area contributed by atoms with Crippen molar-refractivity contribution in [2.75, 3.05) is 6.61 Å². The summed E-state index contributed by atoms with van der Waals surface area (Å²) in [6, 6.07) is 1.68. The van der Waals surface area contributed by atoms with Crippen molar-refractivity contribution in [2.24, 2.45) is 5.73 Å². The van der Waals surface area contributed by atoms with Crippen molar-refractivity contribution in [1.82, 2.24) is 4.98 Å². The summed E-state index contributed by atoms with van der Waals surface area (Å²) in [5, 5.41) is 0. The lowest BCUT2D eigenvalue weighted by molar-refractivity contribution is -0.136. The molecule has 0 aliphatic rings. The third-order valence-electron chi connectivity index (χ3n) is 1.95. The van der Waals surface area contributed by atoms with Gasteiger partial charge in [-0.25, -0.2) is 0 Å². The Labute approximate surface area is 91.4 Å². The van der Waals surface area contributed by atoms with Crippen molar-refractivity contribution in [1.29, 1.82) is 0 Å². The normalized spacial score (nSPS) is 11.5. The number of alkyl halides is 3. The van der Waals surface area contributed by atoms with E-state index in [0.717, 1.165) is 5.56 Å². The molecular formula is C10H13F3N2O. The van der Waals surface area contributed by atoms with Crippen molar-refractivity contribution in [3.63, 3.8) is 0 Å². The molecule has 0 amide bonds. The molecule has 2 N–H and O–H groups in total. The predicted molar refractivity (Wildman–Crippen MR) is 52.9 cm³/mol. The minimum Gasteiger partial charge on any atom is -0.492 e. The van der Waals surface area contributed by atoms with E-state index in [2.05, 4.69) is 4.98 Å². The first-order chi connectivity index (χ1) is 7.53. The first kappa shape index (κ1) is 12.8. The molecular weight excluding hydrogens is 221 g/mol. The molecule has 0 fully saturated rings. The fourth-order valence-corrected chi connectivity index (χ4v) is 1.16. The van der Waals surface area contributed by atoms with E-state index >= 15 is 0 Å². The second-order valence-corrected chi connectivity index (χ2v) is 3.25. The molecule has 0 aromatic carbocycles. The number of hydrogen-bond acceptors (Lipinski definition) is 3. The molecule has 6 heteroatoms. The number of pyridine rings is 1. The van der Waals surface area contributed by atoms with Crippen LogP contribution >= 0.6 is 0 Å². The SMILES string of the molecule is NCc1ccncc1OCCCC(F)(F)F. The van der Waals surface area contributed by atoms with Crippen LogP contribution in [0.5, 0.6) is 5.75 Å². The van der Waals surface area contributed by atoms with Gasteiger partial charge in [-0.3, -0.25) is 4.98 Å². The van der Waals surface area contributed by atoms with E-state index in [1.807, 2.05) is 0 Å². The molecule has 0 saturated heterocycles. The fraction of sp³-hybridized carbons (Fsp3) is 0.500. The lowest BCUT2D eigenvalue weighted by Gasteiger charge is -2.10. The number of nitrogens with two attached hydrogens (primary N) is 1. The standard InChI is InChI=1S/C10H13F3N2O/c11-10(12,13)3-1-5-16-9-7-15-4-2-8(9)6-14/h2,4,7H,1,3,5-6,14H2. The highest BCUT2D eigenvalue weighted by atomic mass is 19.4. The molecule has 0 unspecified atom stereocenters. The Bertz CT molecular complexity index is 328. The van der Waals surface area contributed by atoms with Crippen molar-refractivity contribution in [2.45, 2.75) is 25.6 Å². The first-order valence-electron chi connectivity index (χ1n) is 4.85. The molecule has 0 saturated carbocycles. The maximum atomic E-state index is 11.8. The Hall–Kier alpha value is -1.30. The Kier molecular flexibility index (Phi) is 4.54. The summed E-state index contributed by atoms with van der Waals surface area (Å²) in [5.74, 6) is 0.451. The van der Waals surface area contributed by atoms with Gasteiger partial charge in [0.2, 0.25) is 0 Å². The van der Waals surface area contributed by atoms with Crippen LogP contribution in [-0.4, -0.2) is 17.8 Å². The average Bonchev–Trinajstić information content (AvgIpc) is 2.23. The molecule has 0 radical (unpaired) electrons. The highest BCUT2D eigenvalue weighted by Crippen LogP contribution is 2.22. The molecule has 1 heterocycles. The summed E-state index contributed by atoms with van der Waals surface area (Å²) in [7, 11) is 0. The number of aromatic nitrogens is 1. The third-order valence-corrected chi connectivity index (χ3v) is 1.95. The van der Waals surface area contributed by atoms with Gasteiger partial charge in [0.1, 0.15) is 5.75 Å². The summed E-state index contributed by atoms with van der Waals surface area (Å²) in [4.78, 5) is 3.82. The predicted octanol–water partition coefficient (Wildman–Crippen LogP) is 2.26. The number of ether oxygens (including phenoxy) is 1. The first-order valence-corrected chi connectivity index (χ1v) is 4.85. The fourth-order valence-electron chi connectivity index (χ4n) is 1.16. The minimum absolute atomic E-state index is 0.0121. The van der Waals surface area contributed by atoms with Crippen LogP contribution in [0.3, 0.4) is 0 Å². The molecule has 0 aliphatic carbocycles. The van der Waals surface area contributed by atoms with Crippen molar-refractivity contribution in [3.8, 4) is 5.75 Å². The van der Waals surface area contributed by atoms with Crippen LogP contribution in [0.2, 0.25) is 0 Å². The van der Waals surface area contributed by atoms with E-state index < -0.39 is 12.6 Å². The average molecular weight is 234 g/mol. The van der Waals surface area contributed by atoms with Gasteiger partial charge in [0, 0.05) is 24.7 Å². The topological polar surface area (TPSA) is 48.1 Å². The molecule has 16 heavy (non-hydrogen) atoms. The van der Waals surface area contributed by atoms with Crippen LogP contribution < -0.4 is 10.5 Å². The van der Waals surface area contributed by atoms with E-state index in [1.165, 1.54) is 6.20 Å². The molecule has 0 bridgehead atoms. The summed E-state index contributed by atoms with van der Waals surface area (Å²) in [5.41, 5.74) is 6.17. The van der Waals surface area contributed by atoms with Gasteiger partial charge in [-0.05, 0) is 12.5 Å². The van der Waals surface area contributed by atoms with Crippen LogP contribution in [-0.2, 0) is 6.54 Å². The maximum Gasteiger partial charge on any atom is 0.389 e. The van der Waals surface area contributed by atoms with Crippen LogP contribution in [0.15, 0.2) is 18.5 Å². The van der Waals surface area contributed by atoms with E-state index in [1.54, 1.807) is 12.3 Å². The van der Waals surface area contributed by atoms with Gasteiger partial charge >= 0.3 is 6.18 Å². The second kappa shape index (κ2) is 5.69. The Balaban J connectivity index is 2.37. The molecule has 1 rings (SSSR count). The Morgan fingerprint density at radius 3 is 2.75 bits per heavy atom. The van der Waals surface area contributed by atoms with Crippen LogP contribution in [0.25, 0.3) is 0 Å². The van der Waals surface area contributed by atoms with E-state index in [9.17, 15) is 13.2 Å². The lowest BCUT2D eigenvalue weighted by Crippen LogP contribution is -2.10. The van der Waals surface area contributed by atoms with Gasteiger partial charge in [-0.1, -0.05) is 0 Å². The van der Waals surface area contributed by atoms with E-state index in [-0.39, 0.29) is 19.6 Å². The molecule has 3 nitrogen and oxygen atoms in total. The van der Waals surface area contributed by atoms with E-state index in [4.69, 9.17) is 10.5 Å². The van der Waals surface area contributed by atoms with Gasteiger partial charge in [0.25, 0.3) is 0 Å². The minimum atomic E-state index is -4.13. The number of rotatable bonds is 5. The number of halogens is 3.